The second-order valence-corrected chi connectivity index (χ2v) is 18.9. The Bertz CT molecular complexity index is 1580. The Hall–Kier alpha value is -3.00. The Kier molecular flexibility index (Phi) is 8.90. The van der Waals surface area contributed by atoms with Crippen LogP contribution < -0.4 is 24.8 Å². The molecule has 226 valence electrons. The Morgan fingerprint density at radius 1 is 0.907 bits per heavy atom. The maximum atomic E-state index is 6.79. The average Bonchev–Trinajstić information content (AvgIpc) is 3.57. The van der Waals surface area contributed by atoms with Gasteiger partial charge in [0.05, 0.1) is 18.5 Å². The van der Waals surface area contributed by atoms with Gasteiger partial charge in [-0.1, -0.05) is 91.5 Å². The molecule has 0 saturated carbocycles. The van der Waals surface area contributed by atoms with E-state index in [0.29, 0.717) is 5.88 Å². The lowest BCUT2D eigenvalue weighted by Gasteiger charge is -2.34. The summed E-state index contributed by atoms with van der Waals surface area (Å²) >= 11 is 0. The van der Waals surface area contributed by atoms with Crippen LogP contribution >= 0.6 is 15.8 Å². The zero-order valence-corrected chi connectivity index (χ0v) is 28.7. The predicted molar refractivity (Wildman–Crippen MR) is 185 cm³/mol. The molecule has 5 rings (SSSR count). The minimum absolute atomic E-state index is 0.0375. The summed E-state index contributed by atoms with van der Waals surface area (Å²) in [4.78, 5) is 9.79. The van der Waals surface area contributed by atoms with Crippen LogP contribution in [-0.4, -0.2) is 34.0 Å². The van der Waals surface area contributed by atoms with Crippen LogP contribution in [0.1, 0.15) is 73.3 Å². The number of aliphatic imine (C=N–C) groups is 1. The minimum Gasteiger partial charge on any atom is -0.481 e. The maximum Gasteiger partial charge on any atom is 0.213 e. The first-order chi connectivity index (χ1) is 20.4. The standard InChI is InChI=1S/C36H44N2O3P2/c1-11-16-24(12-2)37-23(3)33-40-28-20-13-17-25(31(28)42(33)35(4,5)6)26-18-14-21-29-32(26)43(36(7,8)9)34(41-29)27-19-15-22-30(38-27)39-10/h11,13-22,33-34H,3,12H2,1-2,4-10H3/b16-11-,37-24?/t33-,34-,42-,43+/m1/s1. The van der Waals surface area contributed by atoms with Crippen LogP contribution in [-0.2, 0) is 0 Å². The first-order valence-electron chi connectivity index (χ1n) is 15.0. The lowest BCUT2D eigenvalue weighted by molar-refractivity contribution is 0.292. The number of rotatable bonds is 7. The topological polar surface area (TPSA) is 52.9 Å². The molecule has 0 spiro atoms. The van der Waals surface area contributed by atoms with E-state index in [1.54, 1.807) is 7.11 Å². The zero-order chi connectivity index (χ0) is 31.1. The van der Waals surface area contributed by atoms with E-state index in [1.165, 1.54) is 21.7 Å². The Labute approximate surface area is 260 Å². The van der Waals surface area contributed by atoms with Gasteiger partial charge >= 0.3 is 0 Å². The minimum atomic E-state index is -0.820. The van der Waals surface area contributed by atoms with Crippen molar-refractivity contribution in [3.8, 4) is 28.5 Å². The quantitative estimate of drug-likeness (QED) is 0.197. The van der Waals surface area contributed by atoms with E-state index < -0.39 is 15.8 Å². The van der Waals surface area contributed by atoms with E-state index in [9.17, 15) is 0 Å². The predicted octanol–water partition coefficient (Wildman–Crippen LogP) is 9.32. The fourth-order valence-corrected chi connectivity index (χ4v) is 11.9. The number of benzene rings is 2. The van der Waals surface area contributed by atoms with Gasteiger partial charge in [-0.2, -0.15) is 0 Å². The highest BCUT2D eigenvalue weighted by Gasteiger charge is 2.48. The molecule has 1 aromatic heterocycles. The summed E-state index contributed by atoms with van der Waals surface area (Å²) in [6.45, 7) is 22.5. The molecule has 7 heteroatoms. The fourth-order valence-electron chi connectivity index (χ4n) is 5.88. The second kappa shape index (κ2) is 12.2. The number of aromatic nitrogens is 1. The van der Waals surface area contributed by atoms with Crippen LogP contribution in [0.25, 0.3) is 11.1 Å². The number of allylic oxidation sites excluding steroid dienone is 2. The van der Waals surface area contributed by atoms with Gasteiger partial charge in [0, 0.05) is 22.4 Å². The van der Waals surface area contributed by atoms with E-state index in [2.05, 4.69) is 104 Å². The van der Waals surface area contributed by atoms with Crippen molar-refractivity contribution >= 4 is 32.2 Å². The molecule has 4 atom stereocenters. The number of ether oxygens (including phenoxy) is 3. The van der Waals surface area contributed by atoms with Gasteiger partial charge in [0.15, 0.2) is 11.7 Å². The molecule has 2 aliphatic heterocycles. The fraction of sp³-hybridized carbons (Fsp3) is 0.389. The van der Waals surface area contributed by atoms with Crippen molar-refractivity contribution in [2.24, 2.45) is 4.99 Å². The van der Waals surface area contributed by atoms with Crippen molar-refractivity contribution in [2.45, 2.75) is 83.8 Å². The van der Waals surface area contributed by atoms with Crippen LogP contribution in [0.15, 0.2) is 84.0 Å². The SMILES string of the molecule is C=C(N=C(/C=C\C)CC)[C@@H]1Oc2cccc(-c3cccc4c3[P@](C(C)(C)C)[C@H](c3cccc(OC)n3)O4)c2[P@@]1C(C)(C)C. The summed E-state index contributed by atoms with van der Waals surface area (Å²) in [7, 11) is 0.0208. The average molecular weight is 615 g/mol. The van der Waals surface area contributed by atoms with E-state index in [1.807, 2.05) is 25.1 Å². The highest BCUT2D eigenvalue weighted by Crippen LogP contribution is 2.67. The monoisotopic (exact) mass is 614 g/mol. The summed E-state index contributed by atoms with van der Waals surface area (Å²) in [6, 6.07) is 18.9. The van der Waals surface area contributed by atoms with Crippen LogP contribution in [0, 0.1) is 0 Å². The van der Waals surface area contributed by atoms with E-state index >= 15 is 0 Å². The number of methoxy groups -OCH3 is 1. The molecule has 0 bridgehead atoms. The molecule has 3 heterocycles. The van der Waals surface area contributed by atoms with Gasteiger partial charge in [-0.05, 0) is 74.9 Å². The van der Waals surface area contributed by atoms with Crippen molar-refractivity contribution in [1.29, 1.82) is 0 Å². The zero-order valence-electron chi connectivity index (χ0n) is 26.9. The van der Waals surface area contributed by atoms with Gasteiger partial charge in [-0.25, -0.2) is 4.98 Å². The first-order valence-corrected chi connectivity index (χ1v) is 17.8. The van der Waals surface area contributed by atoms with Crippen LogP contribution in [0.2, 0.25) is 0 Å². The van der Waals surface area contributed by atoms with Crippen molar-refractivity contribution in [3.63, 3.8) is 0 Å². The first kappa shape index (κ1) is 31.4. The largest absolute Gasteiger partial charge is 0.481 e. The molecule has 3 aromatic rings. The molecule has 2 aliphatic rings. The molecule has 5 nitrogen and oxygen atoms in total. The lowest BCUT2D eigenvalue weighted by atomic mass is 10.0. The molecule has 0 N–H and O–H groups in total. The van der Waals surface area contributed by atoms with E-state index in [-0.39, 0.29) is 22.0 Å². The summed E-state index contributed by atoms with van der Waals surface area (Å²) in [5, 5.41) is 2.50. The second-order valence-electron chi connectivity index (χ2n) is 12.9. The summed E-state index contributed by atoms with van der Waals surface area (Å²) in [5.74, 6) is 2.12. The summed E-state index contributed by atoms with van der Waals surface area (Å²) in [5.41, 5.74) is 5.16. The van der Waals surface area contributed by atoms with Crippen molar-refractivity contribution in [1.82, 2.24) is 4.98 Å². The summed E-state index contributed by atoms with van der Waals surface area (Å²) in [6.07, 6.45) is 4.94. The third-order valence-corrected chi connectivity index (χ3v) is 14.2. The van der Waals surface area contributed by atoms with Gasteiger partial charge in [0.2, 0.25) is 5.88 Å². The van der Waals surface area contributed by atoms with Crippen LogP contribution in [0.4, 0.5) is 0 Å². The number of hydrogen-bond acceptors (Lipinski definition) is 5. The van der Waals surface area contributed by atoms with Crippen LogP contribution in [0.5, 0.6) is 17.4 Å². The molecule has 0 fully saturated rings. The Balaban J connectivity index is 1.67. The van der Waals surface area contributed by atoms with E-state index in [0.717, 1.165) is 35.0 Å². The van der Waals surface area contributed by atoms with Gasteiger partial charge in [-0.15, -0.1) is 0 Å². The third kappa shape index (κ3) is 6.04. The van der Waals surface area contributed by atoms with Crippen molar-refractivity contribution in [3.05, 3.63) is 84.7 Å². The molecular weight excluding hydrogens is 570 g/mol. The lowest BCUT2D eigenvalue weighted by Crippen LogP contribution is -2.26. The molecule has 43 heavy (non-hydrogen) atoms. The smallest absolute Gasteiger partial charge is 0.213 e. The van der Waals surface area contributed by atoms with Gasteiger partial charge in [-0.3, -0.25) is 4.99 Å². The molecular formula is C36H44N2O3P2. The van der Waals surface area contributed by atoms with E-state index in [4.69, 9.17) is 24.2 Å². The maximum absolute atomic E-state index is 6.79. The number of fused-ring (bicyclic) bond motifs is 2. The molecule has 0 saturated heterocycles. The Morgan fingerprint density at radius 3 is 2.05 bits per heavy atom. The van der Waals surface area contributed by atoms with Crippen molar-refractivity contribution in [2.75, 3.05) is 7.11 Å². The number of hydrogen-bond donors (Lipinski definition) is 0. The van der Waals surface area contributed by atoms with Gasteiger partial charge in [0.25, 0.3) is 0 Å². The number of nitrogens with zero attached hydrogens (tertiary/aromatic N) is 2. The van der Waals surface area contributed by atoms with Gasteiger partial charge < -0.3 is 14.2 Å². The molecule has 0 radical (unpaired) electrons. The highest BCUT2D eigenvalue weighted by atomic mass is 31.1. The van der Waals surface area contributed by atoms with Crippen molar-refractivity contribution < 1.29 is 14.2 Å². The highest BCUT2D eigenvalue weighted by molar-refractivity contribution is 7.69. The van der Waals surface area contributed by atoms with Gasteiger partial charge in [0.1, 0.15) is 11.5 Å². The normalized spacial score (nSPS) is 21.7. The van der Waals surface area contributed by atoms with Crippen LogP contribution in [0.3, 0.4) is 0 Å². The molecule has 0 unspecified atom stereocenters. The third-order valence-electron chi connectivity index (χ3n) is 7.66. The molecule has 0 aliphatic carbocycles. The molecule has 0 amide bonds. The number of pyridine rings is 1. The Morgan fingerprint density at radius 2 is 1.49 bits per heavy atom. The summed E-state index contributed by atoms with van der Waals surface area (Å²) < 4.78 is 19.0. The molecule has 2 aromatic carbocycles.